The van der Waals surface area contributed by atoms with Crippen molar-refractivity contribution in [1.29, 1.82) is 0 Å². The number of hydrogen-bond donors (Lipinski definition) is 0. The van der Waals surface area contributed by atoms with Gasteiger partial charge in [0, 0.05) is 28.4 Å². The lowest BCUT2D eigenvalue weighted by molar-refractivity contribution is 0.227. The van der Waals surface area contributed by atoms with E-state index in [1.165, 1.54) is 0 Å². The molecule has 0 aliphatic heterocycles. The zero-order valence-electron chi connectivity index (χ0n) is 15.7. The summed E-state index contributed by atoms with van der Waals surface area (Å²) >= 11 is 6.88. The Morgan fingerprint density at radius 3 is 2.38 bits per heavy atom. The van der Waals surface area contributed by atoms with E-state index in [1.54, 1.807) is 10.8 Å². The lowest BCUT2D eigenvalue weighted by Gasteiger charge is -2.19. The van der Waals surface area contributed by atoms with Gasteiger partial charge in [0.15, 0.2) is 11.0 Å². The molecule has 0 aliphatic carbocycles. The van der Waals surface area contributed by atoms with Crippen molar-refractivity contribution in [3.63, 3.8) is 0 Å². The predicted octanol–water partition coefficient (Wildman–Crippen LogP) is 6.38. The van der Waals surface area contributed by atoms with Gasteiger partial charge in [-0.05, 0) is 44.2 Å². The Morgan fingerprint density at radius 1 is 1.27 bits per heavy atom. The monoisotopic (exact) mass is 405 g/mol. The molecule has 2 aromatic heterocycles. The molecule has 0 radical (unpaired) electrons. The second-order valence-electron chi connectivity index (χ2n) is 8.34. The summed E-state index contributed by atoms with van der Waals surface area (Å²) in [6.45, 7) is 12.2. The minimum absolute atomic E-state index is 0.131. The zero-order chi connectivity index (χ0) is 19.9. The summed E-state index contributed by atoms with van der Waals surface area (Å²) in [6.07, 6.45) is -1.23. The average molecular weight is 406 g/mol. The minimum Gasteiger partial charge on any atom is -0.331 e. The Morgan fingerprint density at radius 2 is 1.88 bits per heavy atom. The molecule has 8 heteroatoms. The Labute approximate surface area is 161 Å². The van der Waals surface area contributed by atoms with Crippen molar-refractivity contribution >= 4 is 40.3 Å². The maximum Gasteiger partial charge on any atom is 0.281 e. The van der Waals surface area contributed by atoms with Crippen LogP contribution in [0.25, 0.3) is 11.0 Å². The molecule has 0 saturated heterocycles. The van der Waals surface area contributed by atoms with E-state index in [9.17, 15) is 13.2 Å². The van der Waals surface area contributed by atoms with Crippen LogP contribution in [0.5, 0.6) is 0 Å². The number of hydrogen-bond acceptors (Lipinski definition) is 3. The third kappa shape index (κ3) is 5.16. The molecule has 0 aliphatic rings. The first kappa shape index (κ1) is 21.1. The van der Waals surface area contributed by atoms with Crippen molar-refractivity contribution in [3.05, 3.63) is 28.8 Å². The fourth-order valence-electron chi connectivity index (χ4n) is 2.39. The summed E-state index contributed by atoms with van der Waals surface area (Å²) in [4.78, 5) is 4.08. The van der Waals surface area contributed by atoms with E-state index in [2.05, 4.69) is 9.38 Å². The number of rotatable bonds is 4. The molecule has 0 atom stereocenters. The number of fused-ring (bicyclic) bond motifs is 1. The van der Waals surface area contributed by atoms with Crippen molar-refractivity contribution in [3.8, 4) is 0 Å². The number of nitrogens with zero attached hydrogens (tertiary/aromatic N) is 3. The SMILES string of the molecule is CC(C)(C)Cn1cc(C(=NSC(C)(C)C)C(F)F)c2cc(F)c(Cl)nc21. The van der Waals surface area contributed by atoms with Crippen LogP contribution >= 0.6 is 23.5 Å². The third-order valence-electron chi connectivity index (χ3n) is 3.31. The van der Waals surface area contributed by atoms with Gasteiger partial charge in [0.1, 0.15) is 11.4 Å². The average Bonchev–Trinajstić information content (AvgIpc) is 2.74. The first-order chi connectivity index (χ1) is 11.8. The summed E-state index contributed by atoms with van der Waals surface area (Å²) in [5.41, 5.74) is 0.0363. The predicted molar refractivity (Wildman–Crippen MR) is 104 cm³/mol. The fourth-order valence-corrected chi connectivity index (χ4v) is 3.07. The van der Waals surface area contributed by atoms with Gasteiger partial charge in [0.05, 0.1) is 0 Å². The topological polar surface area (TPSA) is 30.2 Å². The highest BCUT2D eigenvalue weighted by atomic mass is 35.5. The summed E-state index contributed by atoms with van der Waals surface area (Å²) in [5.74, 6) is -0.744. The maximum absolute atomic E-state index is 14.0. The first-order valence-electron chi connectivity index (χ1n) is 8.18. The zero-order valence-corrected chi connectivity index (χ0v) is 17.3. The molecule has 0 bridgehead atoms. The van der Waals surface area contributed by atoms with Gasteiger partial charge in [-0.2, -0.15) is 0 Å². The van der Waals surface area contributed by atoms with Gasteiger partial charge in [0.2, 0.25) is 0 Å². The van der Waals surface area contributed by atoms with Gasteiger partial charge < -0.3 is 4.57 Å². The van der Waals surface area contributed by atoms with E-state index in [-0.39, 0.29) is 32.0 Å². The molecule has 0 N–H and O–H groups in total. The van der Waals surface area contributed by atoms with Crippen molar-refractivity contribution in [2.24, 2.45) is 9.81 Å². The van der Waals surface area contributed by atoms with Crippen molar-refractivity contribution in [1.82, 2.24) is 9.55 Å². The van der Waals surface area contributed by atoms with E-state index in [1.807, 2.05) is 41.5 Å². The molecule has 3 nitrogen and oxygen atoms in total. The number of alkyl halides is 2. The third-order valence-corrected chi connectivity index (χ3v) is 4.41. The molecule has 2 heterocycles. The Bertz CT molecular complexity index is 833. The van der Waals surface area contributed by atoms with E-state index in [4.69, 9.17) is 11.6 Å². The molecule has 0 aromatic carbocycles. The van der Waals surface area contributed by atoms with Crippen LogP contribution < -0.4 is 0 Å². The van der Waals surface area contributed by atoms with Crippen LogP contribution in [0.3, 0.4) is 0 Å². The van der Waals surface area contributed by atoms with Crippen molar-refractivity contribution in [2.75, 3.05) is 0 Å². The number of aromatic nitrogens is 2. The molecule has 0 amide bonds. The van der Waals surface area contributed by atoms with Crippen LogP contribution in [0.15, 0.2) is 16.7 Å². The van der Waals surface area contributed by atoms with Crippen LogP contribution in [-0.4, -0.2) is 26.4 Å². The molecular weight excluding hydrogens is 383 g/mol. The van der Waals surface area contributed by atoms with Gasteiger partial charge in [-0.25, -0.2) is 22.6 Å². The molecule has 2 aromatic rings. The largest absolute Gasteiger partial charge is 0.331 e. The lowest BCUT2D eigenvalue weighted by Crippen LogP contribution is -2.16. The van der Waals surface area contributed by atoms with Crippen LogP contribution in [0.4, 0.5) is 13.2 Å². The van der Waals surface area contributed by atoms with Crippen LogP contribution in [-0.2, 0) is 6.54 Å². The van der Waals surface area contributed by atoms with E-state index in [0.29, 0.717) is 12.2 Å². The molecule has 0 fully saturated rings. The Balaban J connectivity index is 2.70. The number of halogens is 4. The summed E-state index contributed by atoms with van der Waals surface area (Å²) in [6, 6.07) is 1.15. The fraction of sp³-hybridized carbons (Fsp3) is 0.556. The Kier molecular flexibility index (Phi) is 6.03. The molecule has 2 rings (SSSR count). The quantitative estimate of drug-likeness (QED) is 0.336. The molecule has 0 unspecified atom stereocenters. The van der Waals surface area contributed by atoms with Crippen LogP contribution in [0, 0.1) is 11.2 Å². The van der Waals surface area contributed by atoms with E-state index >= 15 is 0 Å². The Hall–Kier alpha value is -1.21. The summed E-state index contributed by atoms with van der Waals surface area (Å²) in [7, 11) is 0. The lowest BCUT2D eigenvalue weighted by atomic mass is 9.97. The molecule has 0 spiro atoms. The highest BCUT2D eigenvalue weighted by Gasteiger charge is 2.25. The molecule has 144 valence electrons. The highest BCUT2D eigenvalue weighted by molar-refractivity contribution is 7.99. The standard InChI is InChI=1S/C18H23ClF3N3S/c1-17(2,3)9-25-8-11(10-7-12(20)14(19)23-16(10)25)13(15(21)22)24-26-18(4,5)6/h7-8,15H,9H2,1-6H3. The van der Waals surface area contributed by atoms with Crippen LogP contribution in [0.2, 0.25) is 5.15 Å². The van der Waals surface area contributed by atoms with Gasteiger partial charge >= 0.3 is 0 Å². The normalized spacial score (nSPS) is 13.9. The summed E-state index contributed by atoms with van der Waals surface area (Å²) in [5, 5.41) is 0.00150. The minimum atomic E-state index is -2.79. The van der Waals surface area contributed by atoms with Crippen molar-refractivity contribution < 1.29 is 13.2 Å². The van der Waals surface area contributed by atoms with Crippen LogP contribution in [0.1, 0.15) is 47.1 Å². The smallest absolute Gasteiger partial charge is 0.281 e. The van der Waals surface area contributed by atoms with Gasteiger partial charge in [-0.3, -0.25) is 0 Å². The molecule has 26 heavy (non-hydrogen) atoms. The van der Waals surface area contributed by atoms with Gasteiger partial charge in [-0.1, -0.05) is 32.4 Å². The number of pyridine rings is 1. The van der Waals surface area contributed by atoms with Gasteiger partial charge in [0.25, 0.3) is 6.43 Å². The highest BCUT2D eigenvalue weighted by Crippen LogP contribution is 2.31. The molecular formula is C18H23ClF3N3S. The van der Waals surface area contributed by atoms with Crippen molar-refractivity contribution in [2.45, 2.75) is 59.3 Å². The summed E-state index contributed by atoms with van der Waals surface area (Å²) < 4.78 is 46.9. The maximum atomic E-state index is 14.0. The second kappa shape index (κ2) is 7.43. The van der Waals surface area contributed by atoms with E-state index in [0.717, 1.165) is 18.0 Å². The van der Waals surface area contributed by atoms with E-state index < -0.39 is 12.2 Å². The first-order valence-corrected chi connectivity index (χ1v) is 9.33. The second-order valence-corrected chi connectivity index (χ2v) is 10.3. The van der Waals surface area contributed by atoms with Gasteiger partial charge in [-0.15, -0.1) is 0 Å². The molecule has 0 saturated carbocycles.